The van der Waals surface area contributed by atoms with E-state index < -0.39 is 4.30 Å². The van der Waals surface area contributed by atoms with Gasteiger partial charge < -0.3 is 9.84 Å². The standard InChI is InChI=1S/C6H14.C4H10O.CHCl3.CH4O/c1-3-5-6-4-2;1-3-5-4-2;2-1(3)4;1-2/h3-6H2,1-2H3;3-4H2,1-2H3;1H;2H,1H3. The molecule has 0 aromatic carbocycles. The molecule has 1 N–H and O–H groups in total. The Morgan fingerprint density at radius 2 is 1.06 bits per heavy atom. The van der Waals surface area contributed by atoms with Crippen molar-refractivity contribution in [1.82, 2.24) is 0 Å². The van der Waals surface area contributed by atoms with Gasteiger partial charge in [-0.3, -0.25) is 0 Å². The first-order valence-corrected chi connectivity index (χ1v) is 7.32. The number of hydrogen-bond acceptors (Lipinski definition) is 2. The first kappa shape index (κ1) is 26.4. The molecule has 0 fully saturated rings. The van der Waals surface area contributed by atoms with Gasteiger partial charge >= 0.3 is 0 Å². The summed E-state index contributed by atoms with van der Waals surface area (Å²) in [5.74, 6) is 0. The fraction of sp³-hybridized carbons (Fsp3) is 1.00. The summed E-state index contributed by atoms with van der Waals surface area (Å²) in [5, 5.41) is 7.00. The summed E-state index contributed by atoms with van der Waals surface area (Å²) in [6.45, 7) is 10.1. The maximum atomic E-state index is 7.00. The third-order valence-corrected chi connectivity index (χ3v) is 1.37. The zero-order valence-corrected chi connectivity index (χ0v) is 14.1. The zero-order chi connectivity index (χ0) is 14.5. The molecular formula is C12H29Cl3O2. The maximum absolute atomic E-state index is 7.00. The lowest BCUT2D eigenvalue weighted by Gasteiger charge is -1.86. The summed E-state index contributed by atoms with van der Waals surface area (Å²) in [6, 6.07) is 0. The smallest absolute Gasteiger partial charge is 0.180 e. The Hall–Kier alpha value is 0.790. The number of alkyl halides is 3. The SMILES string of the molecule is CCCCCC.CCOCC.CO.ClC(Cl)Cl. The van der Waals surface area contributed by atoms with E-state index in [-0.39, 0.29) is 0 Å². The molecule has 0 bridgehead atoms. The molecule has 0 rings (SSSR count). The molecule has 2 nitrogen and oxygen atoms in total. The Morgan fingerprint density at radius 1 is 0.824 bits per heavy atom. The summed E-state index contributed by atoms with van der Waals surface area (Å²) in [4.78, 5) is 0. The quantitative estimate of drug-likeness (QED) is 0.557. The van der Waals surface area contributed by atoms with Gasteiger partial charge in [0.2, 0.25) is 0 Å². The van der Waals surface area contributed by atoms with Gasteiger partial charge in [0.1, 0.15) is 0 Å². The second-order valence-electron chi connectivity index (χ2n) is 2.74. The Labute approximate surface area is 123 Å². The molecule has 0 aromatic heterocycles. The highest BCUT2D eigenvalue weighted by molar-refractivity contribution is 6.63. The summed E-state index contributed by atoms with van der Waals surface area (Å²) in [5.41, 5.74) is 0. The number of unbranched alkanes of at least 4 members (excludes halogenated alkanes) is 3. The molecule has 0 aromatic rings. The van der Waals surface area contributed by atoms with Crippen LogP contribution in [0.4, 0.5) is 0 Å². The summed E-state index contributed by atoms with van der Waals surface area (Å²) in [7, 11) is 1.00. The fourth-order valence-corrected chi connectivity index (χ4v) is 0.704. The van der Waals surface area contributed by atoms with E-state index in [0.717, 1.165) is 20.3 Å². The van der Waals surface area contributed by atoms with Gasteiger partial charge in [0.15, 0.2) is 4.30 Å². The van der Waals surface area contributed by atoms with E-state index in [9.17, 15) is 0 Å². The molecule has 0 amide bonds. The minimum atomic E-state index is -0.750. The lowest BCUT2D eigenvalue weighted by Crippen LogP contribution is -1.84. The molecule has 0 saturated carbocycles. The fourth-order valence-electron chi connectivity index (χ4n) is 0.704. The second-order valence-corrected chi connectivity index (χ2v) is 4.72. The molecular weight excluding hydrogens is 282 g/mol. The number of ether oxygens (including phenoxy) is 1. The highest BCUT2D eigenvalue weighted by Gasteiger charge is 1.79. The van der Waals surface area contributed by atoms with Crippen molar-refractivity contribution in [3.63, 3.8) is 0 Å². The second kappa shape index (κ2) is 36.0. The van der Waals surface area contributed by atoms with Gasteiger partial charge in [-0.05, 0) is 13.8 Å². The van der Waals surface area contributed by atoms with Crippen molar-refractivity contribution in [2.75, 3.05) is 20.3 Å². The van der Waals surface area contributed by atoms with Gasteiger partial charge in [-0.25, -0.2) is 0 Å². The molecule has 0 aliphatic carbocycles. The van der Waals surface area contributed by atoms with E-state index in [1.54, 1.807) is 0 Å². The van der Waals surface area contributed by atoms with Crippen LogP contribution in [0.2, 0.25) is 0 Å². The van der Waals surface area contributed by atoms with Crippen LogP contribution in [0.3, 0.4) is 0 Å². The number of hydrogen-bond donors (Lipinski definition) is 1. The number of halogens is 3. The zero-order valence-electron chi connectivity index (χ0n) is 11.8. The van der Waals surface area contributed by atoms with Crippen molar-refractivity contribution < 1.29 is 9.84 Å². The molecule has 0 saturated heterocycles. The van der Waals surface area contributed by atoms with Gasteiger partial charge in [0.25, 0.3) is 0 Å². The maximum Gasteiger partial charge on any atom is 0.180 e. The van der Waals surface area contributed by atoms with Gasteiger partial charge in [-0.15, -0.1) is 0 Å². The van der Waals surface area contributed by atoms with Crippen LogP contribution in [-0.2, 0) is 4.74 Å². The van der Waals surface area contributed by atoms with Gasteiger partial charge in [-0.2, -0.15) is 0 Å². The molecule has 17 heavy (non-hydrogen) atoms. The van der Waals surface area contributed by atoms with Gasteiger partial charge in [-0.1, -0.05) is 74.3 Å². The van der Waals surface area contributed by atoms with Crippen molar-refractivity contribution in [3.8, 4) is 0 Å². The van der Waals surface area contributed by atoms with Crippen molar-refractivity contribution in [2.45, 2.75) is 57.7 Å². The van der Waals surface area contributed by atoms with Crippen LogP contribution >= 0.6 is 34.8 Å². The van der Waals surface area contributed by atoms with Crippen molar-refractivity contribution in [2.24, 2.45) is 0 Å². The average Bonchev–Trinajstić information content (AvgIpc) is 2.30. The van der Waals surface area contributed by atoms with Crippen LogP contribution in [-0.4, -0.2) is 29.7 Å². The predicted molar refractivity (Wildman–Crippen MR) is 81.5 cm³/mol. The first-order chi connectivity index (χ1) is 8.06. The normalized spacial score (nSPS) is 8.12. The Balaban J connectivity index is -0.0000000705. The minimum absolute atomic E-state index is 0.750. The highest BCUT2D eigenvalue weighted by Crippen LogP contribution is 2.03. The van der Waals surface area contributed by atoms with Gasteiger partial charge in [0, 0.05) is 20.3 Å². The monoisotopic (exact) mass is 310 g/mol. The van der Waals surface area contributed by atoms with E-state index in [1.165, 1.54) is 25.7 Å². The average molecular weight is 312 g/mol. The Bertz CT molecular complexity index is 75.4. The van der Waals surface area contributed by atoms with Crippen molar-refractivity contribution >= 4 is 34.8 Å². The number of aliphatic hydroxyl groups is 1. The van der Waals surface area contributed by atoms with E-state index in [1.807, 2.05) is 13.8 Å². The summed E-state index contributed by atoms with van der Waals surface area (Å²) >= 11 is 14.4. The third kappa shape index (κ3) is 110. The van der Waals surface area contributed by atoms with Crippen molar-refractivity contribution in [3.05, 3.63) is 0 Å². The van der Waals surface area contributed by atoms with Crippen LogP contribution in [0.5, 0.6) is 0 Å². The molecule has 110 valence electrons. The lowest BCUT2D eigenvalue weighted by atomic mass is 10.2. The van der Waals surface area contributed by atoms with E-state index >= 15 is 0 Å². The molecule has 5 heteroatoms. The van der Waals surface area contributed by atoms with Crippen LogP contribution in [0, 0.1) is 0 Å². The van der Waals surface area contributed by atoms with Gasteiger partial charge in [0.05, 0.1) is 0 Å². The molecule has 0 spiro atoms. The third-order valence-electron chi connectivity index (χ3n) is 1.37. The van der Waals surface area contributed by atoms with Crippen LogP contribution < -0.4 is 0 Å². The summed E-state index contributed by atoms with van der Waals surface area (Å²) < 4.78 is 4.08. The van der Waals surface area contributed by atoms with Crippen LogP contribution in [0.15, 0.2) is 0 Å². The Kier molecular flexibility index (Phi) is 55.8. The van der Waals surface area contributed by atoms with E-state index in [2.05, 4.69) is 13.8 Å². The molecule has 0 aliphatic heterocycles. The van der Waals surface area contributed by atoms with Crippen molar-refractivity contribution in [1.29, 1.82) is 0 Å². The molecule has 0 radical (unpaired) electrons. The van der Waals surface area contributed by atoms with Crippen LogP contribution in [0.25, 0.3) is 0 Å². The lowest BCUT2D eigenvalue weighted by molar-refractivity contribution is 0.162. The van der Waals surface area contributed by atoms with Crippen LogP contribution in [0.1, 0.15) is 53.4 Å². The van der Waals surface area contributed by atoms with E-state index in [4.69, 9.17) is 44.6 Å². The highest BCUT2D eigenvalue weighted by atomic mass is 35.6. The predicted octanol–water partition coefficient (Wildman–Crippen LogP) is 5.22. The summed E-state index contributed by atoms with van der Waals surface area (Å²) in [6.07, 6.45) is 5.54. The largest absolute Gasteiger partial charge is 0.400 e. The molecule has 0 atom stereocenters. The van der Waals surface area contributed by atoms with E-state index in [0.29, 0.717) is 0 Å². The molecule has 0 aliphatic rings. The minimum Gasteiger partial charge on any atom is -0.400 e. The topological polar surface area (TPSA) is 29.5 Å². The molecule has 0 heterocycles. The first-order valence-electron chi connectivity index (χ1n) is 6.01. The number of rotatable bonds is 5. The molecule has 0 unspecified atom stereocenters. The Morgan fingerprint density at radius 3 is 1.12 bits per heavy atom. The number of aliphatic hydroxyl groups excluding tert-OH is 1.